The molecule has 1 atom stereocenters. The monoisotopic (exact) mass is 316 g/mol. The normalized spacial score (nSPS) is 26.3. The Balaban J connectivity index is 1.22. The first-order valence-electron chi connectivity index (χ1n) is 9.34. The summed E-state index contributed by atoms with van der Waals surface area (Å²) in [5.41, 5.74) is 1.40. The maximum absolute atomic E-state index is 12.1. The standard InChI is InChI=1S/C18H28N4O/c23-17(20-16-12-18(16)9-4-1-5-10-18)19-13-14-8-11-22(21-14)15-6-2-3-7-15/h8,11,15-16H,1-7,9-10,12-13H2,(H2,19,20,23). The van der Waals surface area contributed by atoms with Crippen molar-refractivity contribution in [3.05, 3.63) is 18.0 Å². The molecule has 1 aromatic rings. The summed E-state index contributed by atoms with van der Waals surface area (Å²) in [4.78, 5) is 12.1. The van der Waals surface area contributed by atoms with Crippen molar-refractivity contribution in [1.29, 1.82) is 0 Å². The first-order chi connectivity index (χ1) is 11.3. The van der Waals surface area contributed by atoms with Gasteiger partial charge in [0.2, 0.25) is 0 Å². The molecule has 0 bridgehead atoms. The Kier molecular flexibility index (Phi) is 4.04. The first kappa shape index (κ1) is 15.0. The highest BCUT2D eigenvalue weighted by Gasteiger charge is 2.54. The zero-order chi connectivity index (χ0) is 15.7. The zero-order valence-corrected chi connectivity index (χ0v) is 13.9. The van der Waals surface area contributed by atoms with Crippen LogP contribution in [0.5, 0.6) is 0 Å². The van der Waals surface area contributed by atoms with Crippen LogP contribution in [-0.2, 0) is 6.54 Å². The van der Waals surface area contributed by atoms with E-state index in [0.717, 1.165) is 5.69 Å². The molecule has 1 aromatic heterocycles. The summed E-state index contributed by atoms with van der Waals surface area (Å²) in [5.74, 6) is 0. The smallest absolute Gasteiger partial charge is 0.315 e. The Morgan fingerprint density at radius 2 is 2.00 bits per heavy atom. The summed E-state index contributed by atoms with van der Waals surface area (Å²) >= 11 is 0. The first-order valence-corrected chi connectivity index (χ1v) is 9.34. The summed E-state index contributed by atoms with van der Waals surface area (Å²) in [6.07, 6.45) is 14.9. The van der Waals surface area contributed by atoms with Gasteiger partial charge >= 0.3 is 6.03 Å². The van der Waals surface area contributed by atoms with E-state index in [9.17, 15) is 4.79 Å². The lowest BCUT2D eigenvalue weighted by Crippen LogP contribution is -2.38. The molecule has 2 amide bonds. The van der Waals surface area contributed by atoms with E-state index >= 15 is 0 Å². The average molecular weight is 316 g/mol. The predicted molar refractivity (Wildman–Crippen MR) is 89.0 cm³/mol. The number of aromatic nitrogens is 2. The van der Waals surface area contributed by atoms with Crippen molar-refractivity contribution in [2.45, 2.75) is 82.8 Å². The number of nitrogens with zero attached hydrogens (tertiary/aromatic N) is 2. The maximum atomic E-state index is 12.1. The van der Waals surface area contributed by atoms with Crippen molar-refractivity contribution in [2.24, 2.45) is 5.41 Å². The molecule has 126 valence electrons. The van der Waals surface area contributed by atoms with Gasteiger partial charge in [0.05, 0.1) is 18.3 Å². The van der Waals surface area contributed by atoms with Crippen LogP contribution in [0.25, 0.3) is 0 Å². The lowest BCUT2D eigenvalue weighted by Gasteiger charge is -2.22. The number of carbonyl (C=O) groups is 1. The van der Waals surface area contributed by atoms with E-state index in [-0.39, 0.29) is 6.03 Å². The molecule has 1 unspecified atom stereocenters. The number of amides is 2. The van der Waals surface area contributed by atoms with Gasteiger partial charge in [0, 0.05) is 12.2 Å². The molecule has 3 fully saturated rings. The van der Waals surface area contributed by atoms with Crippen molar-refractivity contribution in [3.8, 4) is 0 Å². The Morgan fingerprint density at radius 3 is 2.78 bits per heavy atom. The Bertz CT molecular complexity index is 555. The van der Waals surface area contributed by atoms with Crippen LogP contribution < -0.4 is 10.6 Å². The fourth-order valence-electron chi connectivity index (χ4n) is 4.58. The molecule has 4 rings (SSSR count). The quantitative estimate of drug-likeness (QED) is 0.893. The number of urea groups is 1. The second kappa shape index (κ2) is 6.17. The summed E-state index contributed by atoms with van der Waals surface area (Å²) in [5, 5.41) is 10.7. The molecule has 5 nitrogen and oxygen atoms in total. The van der Waals surface area contributed by atoms with Crippen molar-refractivity contribution >= 4 is 6.03 Å². The molecule has 0 saturated heterocycles. The van der Waals surface area contributed by atoms with E-state index < -0.39 is 0 Å². The molecule has 2 N–H and O–H groups in total. The van der Waals surface area contributed by atoms with Gasteiger partial charge in [-0.3, -0.25) is 4.68 Å². The summed E-state index contributed by atoms with van der Waals surface area (Å²) in [6, 6.07) is 2.96. The maximum Gasteiger partial charge on any atom is 0.315 e. The Morgan fingerprint density at radius 1 is 1.22 bits per heavy atom. The third-order valence-electron chi connectivity index (χ3n) is 6.14. The molecule has 23 heavy (non-hydrogen) atoms. The van der Waals surface area contributed by atoms with Crippen LogP contribution in [0.15, 0.2) is 12.3 Å². The van der Waals surface area contributed by atoms with E-state index in [0.29, 0.717) is 24.0 Å². The van der Waals surface area contributed by atoms with Crippen LogP contribution in [0.1, 0.15) is 75.9 Å². The summed E-state index contributed by atoms with van der Waals surface area (Å²) < 4.78 is 2.08. The molecule has 3 aliphatic carbocycles. The number of hydrogen-bond donors (Lipinski definition) is 2. The van der Waals surface area contributed by atoms with Gasteiger partial charge in [0.25, 0.3) is 0 Å². The highest BCUT2D eigenvalue weighted by Crippen LogP contribution is 2.56. The number of hydrogen-bond acceptors (Lipinski definition) is 2. The van der Waals surface area contributed by atoms with Gasteiger partial charge in [-0.1, -0.05) is 32.1 Å². The summed E-state index contributed by atoms with van der Waals surface area (Å²) in [6.45, 7) is 0.519. The van der Waals surface area contributed by atoms with Gasteiger partial charge in [-0.15, -0.1) is 0 Å². The number of rotatable bonds is 4. The van der Waals surface area contributed by atoms with Gasteiger partial charge in [-0.25, -0.2) is 4.79 Å². The highest BCUT2D eigenvalue weighted by molar-refractivity contribution is 5.74. The van der Waals surface area contributed by atoms with Crippen LogP contribution in [0.4, 0.5) is 4.79 Å². The van der Waals surface area contributed by atoms with Gasteiger partial charge < -0.3 is 10.6 Å². The molecular formula is C18H28N4O. The van der Waals surface area contributed by atoms with E-state index in [1.165, 1.54) is 64.2 Å². The van der Waals surface area contributed by atoms with Crippen LogP contribution in [0.3, 0.4) is 0 Å². The van der Waals surface area contributed by atoms with E-state index in [4.69, 9.17) is 0 Å². The predicted octanol–water partition coefficient (Wildman–Crippen LogP) is 3.52. The van der Waals surface area contributed by atoms with Gasteiger partial charge in [-0.05, 0) is 43.6 Å². The molecule has 0 radical (unpaired) electrons. The highest BCUT2D eigenvalue weighted by atomic mass is 16.2. The fourth-order valence-corrected chi connectivity index (χ4v) is 4.58. The van der Waals surface area contributed by atoms with Crippen LogP contribution in [0, 0.1) is 5.41 Å². The van der Waals surface area contributed by atoms with Crippen molar-refractivity contribution in [2.75, 3.05) is 0 Å². The van der Waals surface area contributed by atoms with E-state index in [1.54, 1.807) is 0 Å². The second-order valence-electron chi connectivity index (χ2n) is 7.73. The third kappa shape index (κ3) is 3.24. The molecule has 3 saturated carbocycles. The average Bonchev–Trinajstić information content (AvgIpc) is 3.01. The van der Waals surface area contributed by atoms with Crippen LogP contribution in [0.2, 0.25) is 0 Å². The largest absolute Gasteiger partial charge is 0.335 e. The Hall–Kier alpha value is -1.52. The number of carbonyl (C=O) groups excluding carboxylic acids is 1. The summed E-state index contributed by atoms with van der Waals surface area (Å²) in [7, 11) is 0. The zero-order valence-electron chi connectivity index (χ0n) is 13.9. The van der Waals surface area contributed by atoms with E-state index in [2.05, 4.69) is 26.6 Å². The minimum atomic E-state index is -0.0344. The third-order valence-corrected chi connectivity index (χ3v) is 6.14. The Labute approximate surface area is 138 Å². The topological polar surface area (TPSA) is 59.0 Å². The van der Waals surface area contributed by atoms with Crippen LogP contribution in [-0.4, -0.2) is 21.9 Å². The van der Waals surface area contributed by atoms with Crippen LogP contribution >= 0.6 is 0 Å². The lowest BCUT2D eigenvalue weighted by atomic mass is 9.86. The second-order valence-corrected chi connectivity index (χ2v) is 7.73. The molecule has 1 heterocycles. The van der Waals surface area contributed by atoms with Gasteiger partial charge in [0.15, 0.2) is 0 Å². The van der Waals surface area contributed by atoms with Crippen molar-refractivity contribution < 1.29 is 4.79 Å². The molecule has 1 spiro atoms. The van der Waals surface area contributed by atoms with Gasteiger partial charge in [-0.2, -0.15) is 5.10 Å². The molecule has 0 aromatic carbocycles. The number of nitrogens with one attached hydrogen (secondary N) is 2. The minimum Gasteiger partial charge on any atom is -0.335 e. The molecule has 5 heteroatoms. The molecule has 3 aliphatic rings. The lowest BCUT2D eigenvalue weighted by molar-refractivity contribution is 0.235. The molecular weight excluding hydrogens is 288 g/mol. The van der Waals surface area contributed by atoms with Crippen molar-refractivity contribution in [1.82, 2.24) is 20.4 Å². The minimum absolute atomic E-state index is 0.0344. The fraction of sp³-hybridized carbons (Fsp3) is 0.778. The van der Waals surface area contributed by atoms with E-state index in [1.807, 2.05) is 6.07 Å². The SMILES string of the molecule is O=C(NCc1ccn(C2CCCC2)n1)NC1CC12CCCCC2. The molecule has 0 aliphatic heterocycles. The van der Waals surface area contributed by atoms with Crippen molar-refractivity contribution in [3.63, 3.8) is 0 Å². The van der Waals surface area contributed by atoms with Gasteiger partial charge in [0.1, 0.15) is 0 Å².